The van der Waals surface area contributed by atoms with Crippen LogP contribution >= 0.6 is 0 Å². The zero-order valence-corrected chi connectivity index (χ0v) is 12.4. The Labute approximate surface area is 117 Å². The second-order valence-corrected chi connectivity index (χ2v) is 4.75. The van der Waals surface area contributed by atoms with Crippen LogP contribution in [0.25, 0.3) is 0 Å². The Hall–Kier alpha value is -0.840. The molecule has 0 amide bonds. The minimum Gasteiger partial charge on any atom is -0.382 e. The Morgan fingerprint density at radius 1 is 1.21 bits per heavy atom. The van der Waals surface area contributed by atoms with Gasteiger partial charge in [-0.3, -0.25) is 0 Å². The summed E-state index contributed by atoms with van der Waals surface area (Å²) in [5, 5.41) is 3.47. The fourth-order valence-electron chi connectivity index (χ4n) is 1.92. The molecule has 1 heterocycles. The molecule has 1 rings (SSSR count). The summed E-state index contributed by atoms with van der Waals surface area (Å²) in [6.07, 6.45) is 7.83. The number of methoxy groups -OCH3 is 1. The molecular weight excluding hydrogens is 240 g/mol. The SMILES string of the molecule is CCCn1ccc(CNCCCCOCCOC)c1. The Balaban J connectivity index is 1.92. The predicted octanol–water partition coefficient (Wildman–Crippen LogP) is 2.43. The third-order valence-electron chi connectivity index (χ3n) is 2.95. The lowest BCUT2D eigenvalue weighted by Gasteiger charge is -2.05. The van der Waals surface area contributed by atoms with Gasteiger partial charge in [0.2, 0.25) is 0 Å². The summed E-state index contributed by atoms with van der Waals surface area (Å²) in [6.45, 7) is 7.54. The summed E-state index contributed by atoms with van der Waals surface area (Å²) in [5.74, 6) is 0. The zero-order valence-electron chi connectivity index (χ0n) is 12.4. The maximum absolute atomic E-state index is 5.41. The van der Waals surface area contributed by atoms with Crippen LogP contribution in [-0.4, -0.2) is 38.0 Å². The minimum absolute atomic E-state index is 0.687. The van der Waals surface area contributed by atoms with E-state index in [1.165, 1.54) is 12.0 Å². The molecule has 1 aromatic heterocycles. The number of rotatable bonds is 12. The zero-order chi connectivity index (χ0) is 13.8. The van der Waals surface area contributed by atoms with Crippen LogP contribution < -0.4 is 5.32 Å². The molecule has 0 aromatic carbocycles. The maximum atomic E-state index is 5.41. The highest BCUT2D eigenvalue weighted by Gasteiger charge is 1.96. The Bertz CT molecular complexity index is 313. The van der Waals surface area contributed by atoms with E-state index in [0.29, 0.717) is 13.2 Å². The van der Waals surface area contributed by atoms with Crippen LogP contribution in [-0.2, 0) is 22.6 Å². The minimum atomic E-state index is 0.687. The van der Waals surface area contributed by atoms with Crippen molar-refractivity contribution in [3.05, 3.63) is 24.0 Å². The van der Waals surface area contributed by atoms with Crippen molar-refractivity contribution in [3.63, 3.8) is 0 Å². The topological polar surface area (TPSA) is 35.4 Å². The average Bonchev–Trinajstić information content (AvgIpc) is 2.85. The molecule has 0 bridgehead atoms. The third-order valence-corrected chi connectivity index (χ3v) is 2.95. The van der Waals surface area contributed by atoms with E-state index in [0.717, 1.165) is 39.1 Å². The molecular formula is C15H28N2O2. The summed E-state index contributed by atoms with van der Waals surface area (Å²) in [4.78, 5) is 0. The van der Waals surface area contributed by atoms with E-state index >= 15 is 0 Å². The van der Waals surface area contributed by atoms with Crippen LogP contribution in [0.2, 0.25) is 0 Å². The van der Waals surface area contributed by atoms with E-state index in [1.807, 2.05) is 0 Å². The lowest BCUT2D eigenvalue weighted by Crippen LogP contribution is -2.15. The highest BCUT2D eigenvalue weighted by Crippen LogP contribution is 2.02. The first-order chi connectivity index (χ1) is 9.36. The van der Waals surface area contributed by atoms with E-state index in [1.54, 1.807) is 7.11 Å². The third kappa shape index (κ3) is 8.03. The van der Waals surface area contributed by atoms with Crippen molar-refractivity contribution in [2.24, 2.45) is 0 Å². The van der Waals surface area contributed by atoms with Gasteiger partial charge in [-0.05, 0) is 37.4 Å². The van der Waals surface area contributed by atoms with Gasteiger partial charge in [-0.25, -0.2) is 0 Å². The van der Waals surface area contributed by atoms with Crippen molar-refractivity contribution in [1.82, 2.24) is 9.88 Å². The van der Waals surface area contributed by atoms with Crippen LogP contribution in [0.15, 0.2) is 18.5 Å². The molecule has 0 unspecified atom stereocenters. The Morgan fingerprint density at radius 2 is 2.11 bits per heavy atom. The molecule has 4 nitrogen and oxygen atoms in total. The first-order valence-electron chi connectivity index (χ1n) is 7.29. The van der Waals surface area contributed by atoms with Gasteiger partial charge in [-0.15, -0.1) is 0 Å². The van der Waals surface area contributed by atoms with Crippen molar-refractivity contribution in [2.75, 3.05) is 33.5 Å². The molecule has 1 N–H and O–H groups in total. The van der Waals surface area contributed by atoms with Gasteiger partial charge in [0.25, 0.3) is 0 Å². The Kier molecular flexibility index (Phi) is 9.41. The van der Waals surface area contributed by atoms with Gasteiger partial charge in [-0.1, -0.05) is 6.92 Å². The smallest absolute Gasteiger partial charge is 0.0700 e. The van der Waals surface area contributed by atoms with Crippen LogP contribution in [0.3, 0.4) is 0 Å². The van der Waals surface area contributed by atoms with Crippen LogP contribution in [0.1, 0.15) is 31.7 Å². The maximum Gasteiger partial charge on any atom is 0.0700 e. The second kappa shape index (κ2) is 11.0. The number of nitrogens with zero attached hydrogens (tertiary/aromatic N) is 1. The first kappa shape index (κ1) is 16.2. The second-order valence-electron chi connectivity index (χ2n) is 4.75. The van der Waals surface area contributed by atoms with Crippen molar-refractivity contribution in [3.8, 4) is 0 Å². The summed E-state index contributed by atoms with van der Waals surface area (Å²) >= 11 is 0. The molecule has 0 radical (unpaired) electrons. The Morgan fingerprint density at radius 3 is 2.89 bits per heavy atom. The number of aromatic nitrogens is 1. The molecule has 0 aliphatic rings. The molecule has 0 aliphatic carbocycles. The standard InChI is InChI=1S/C15H28N2O2/c1-3-8-17-9-6-15(14-17)13-16-7-4-5-10-19-12-11-18-2/h6,9,14,16H,3-5,7-8,10-13H2,1-2H3. The number of ether oxygens (including phenoxy) is 2. The average molecular weight is 268 g/mol. The van der Waals surface area contributed by atoms with Crippen LogP contribution in [0.5, 0.6) is 0 Å². The van der Waals surface area contributed by atoms with E-state index < -0.39 is 0 Å². The normalized spacial score (nSPS) is 11.1. The summed E-state index contributed by atoms with van der Waals surface area (Å²) in [6, 6.07) is 2.19. The van der Waals surface area contributed by atoms with E-state index in [2.05, 4.69) is 35.3 Å². The molecule has 0 fully saturated rings. The first-order valence-corrected chi connectivity index (χ1v) is 7.29. The number of hydrogen-bond donors (Lipinski definition) is 1. The molecule has 0 atom stereocenters. The number of hydrogen-bond acceptors (Lipinski definition) is 3. The van der Waals surface area contributed by atoms with Gasteiger partial charge in [0.1, 0.15) is 0 Å². The number of aryl methyl sites for hydroxylation is 1. The summed E-state index contributed by atoms with van der Waals surface area (Å²) in [7, 11) is 1.70. The van der Waals surface area contributed by atoms with Gasteiger partial charge in [0.05, 0.1) is 13.2 Å². The quantitative estimate of drug-likeness (QED) is 0.591. The largest absolute Gasteiger partial charge is 0.382 e. The predicted molar refractivity (Wildman–Crippen MR) is 78.4 cm³/mol. The summed E-state index contributed by atoms with van der Waals surface area (Å²) < 4.78 is 12.6. The molecule has 0 saturated heterocycles. The van der Waals surface area contributed by atoms with E-state index in [-0.39, 0.29) is 0 Å². The van der Waals surface area contributed by atoms with Crippen molar-refractivity contribution in [1.29, 1.82) is 0 Å². The molecule has 0 aliphatic heterocycles. The highest BCUT2D eigenvalue weighted by molar-refractivity contribution is 5.09. The van der Waals surface area contributed by atoms with Gasteiger partial charge in [-0.2, -0.15) is 0 Å². The molecule has 1 aromatic rings. The molecule has 110 valence electrons. The monoisotopic (exact) mass is 268 g/mol. The molecule has 0 saturated carbocycles. The van der Waals surface area contributed by atoms with Crippen molar-refractivity contribution < 1.29 is 9.47 Å². The molecule has 0 spiro atoms. The highest BCUT2D eigenvalue weighted by atomic mass is 16.5. The fraction of sp³-hybridized carbons (Fsp3) is 0.733. The number of nitrogens with one attached hydrogen (secondary N) is 1. The van der Waals surface area contributed by atoms with E-state index in [9.17, 15) is 0 Å². The van der Waals surface area contributed by atoms with Gasteiger partial charge in [0, 0.05) is 39.2 Å². The van der Waals surface area contributed by atoms with E-state index in [4.69, 9.17) is 9.47 Å². The number of unbranched alkanes of at least 4 members (excludes halogenated alkanes) is 1. The molecule has 4 heteroatoms. The van der Waals surface area contributed by atoms with Crippen LogP contribution in [0.4, 0.5) is 0 Å². The van der Waals surface area contributed by atoms with Gasteiger partial charge in [0.15, 0.2) is 0 Å². The van der Waals surface area contributed by atoms with Crippen molar-refractivity contribution >= 4 is 0 Å². The lowest BCUT2D eigenvalue weighted by molar-refractivity contribution is 0.0688. The lowest BCUT2D eigenvalue weighted by atomic mass is 10.3. The summed E-state index contributed by atoms with van der Waals surface area (Å²) in [5.41, 5.74) is 1.37. The van der Waals surface area contributed by atoms with Crippen molar-refractivity contribution in [2.45, 2.75) is 39.3 Å². The van der Waals surface area contributed by atoms with Gasteiger partial charge >= 0.3 is 0 Å². The fourth-order valence-corrected chi connectivity index (χ4v) is 1.92. The van der Waals surface area contributed by atoms with Crippen LogP contribution in [0, 0.1) is 0 Å². The molecule has 19 heavy (non-hydrogen) atoms. The van der Waals surface area contributed by atoms with Gasteiger partial charge < -0.3 is 19.4 Å².